The van der Waals surface area contributed by atoms with Crippen molar-refractivity contribution in [2.45, 2.75) is 6.18 Å². The number of hydrogen-bond acceptors (Lipinski definition) is 3. The van der Waals surface area contributed by atoms with Crippen LogP contribution in [0.2, 0.25) is 0 Å². The fourth-order valence-corrected chi connectivity index (χ4v) is 1.88. The van der Waals surface area contributed by atoms with Crippen LogP contribution in [-0.2, 0) is 10.9 Å². The molecule has 0 aliphatic heterocycles. The number of hydrogen-bond donors (Lipinski definition) is 0. The zero-order valence-electron chi connectivity index (χ0n) is 8.43. The third-order valence-electron chi connectivity index (χ3n) is 1.95. The summed E-state index contributed by atoms with van der Waals surface area (Å²) in [6.07, 6.45) is -4.75. The van der Waals surface area contributed by atoms with Crippen molar-refractivity contribution in [2.24, 2.45) is 0 Å². The van der Waals surface area contributed by atoms with Crippen LogP contribution in [0.4, 0.5) is 13.2 Å². The summed E-state index contributed by atoms with van der Waals surface area (Å²) in [7, 11) is 0.981. The molecule has 0 aromatic heterocycles. The number of nitriles is 1. The van der Waals surface area contributed by atoms with Crippen molar-refractivity contribution in [1.82, 2.24) is 0 Å². The lowest BCUT2D eigenvalue weighted by molar-refractivity contribution is -0.138. The van der Waals surface area contributed by atoms with E-state index in [-0.39, 0.29) is 5.56 Å². The lowest BCUT2D eigenvalue weighted by Gasteiger charge is -2.14. The van der Waals surface area contributed by atoms with Gasteiger partial charge in [-0.15, -0.1) is 0 Å². The van der Waals surface area contributed by atoms with Gasteiger partial charge in [-0.25, -0.2) is 4.79 Å². The lowest BCUT2D eigenvalue weighted by atomic mass is 10.0. The summed E-state index contributed by atoms with van der Waals surface area (Å²) < 4.78 is 42.1. The average molecular weight is 308 g/mol. The summed E-state index contributed by atoms with van der Waals surface area (Å²) in [6.45, 7) is 0. The summed E-state index contributed by atoms with van der Waals surface area (Å²) >= 11 is 2.68. The molecule has 1 aromatic carbocycles. The molecular formula is C10H5BrF3NO2. The average Bonchev–Trinajstić information content (AvgIpc) is 2.25. The number of carbonyl (C=O) groups excluding carboxylic acids is 1. The van der Waals surface area contributed by atoms with Crippen LogP contribution in [0.3, 0.4) is 0 Å². The van der Waals surface area contributed by atoms with E-state index >= 15 is 0 Å². The van der Waals surface area contributed by atoms with Crippen molar-refractivity contribution >= 4 is 21.9 Å². The largest absolute Gasteiger partial charge is 0.465 e. The van der Waals surface area contributed by atoms with Gasteiger partial charge in [-0.1, -0.05) is 0 Å². The first kappa shape index (κ1) is 13.5. The number of benzene rings is 1. The number of ether oxygens (including phenoxy) is 1. The monoisotopic (exact) mass is 307 g/mol. The van der Waals surface area contributed by atoms with Gasteiger partial charge in [0.05, 0.1) is 23.8 Å². The number of esters is 1. The SMILES string of the molecule is COC(=O)c1ccc(C#N)c(Br)c1C(F)(F)F. The van der Waals surface area contributed by atoms with Crippen molar-refractivity contribution in [2.75, 3.05) is 7.11 Å². The number of halogens is 4. The van der Waals surface area contributed by atoms with Crippen LogP contribution in [0.25, 0.3) is 0 Å². The predicted molar refractivity (Wildman–Crippen MR) is 55.2 cm³/mol. The topological polar surface area (TPSA) is 50.1 Å². The van der Waals surface area contributed by atoms with Gasteiger partial charge in [0.1, 0.15) is 6.07 Å². The van der Waals surface area contributed by atoms with E-state index in [2.05, 4.69) is 20.7 Å². The van der Waals surface area contributed by atoms with E-state index in [1.165, 1.54) is 0 Å². The minimum Gasteiger partial charge on any atom is -0.465 e. The highest BCUT2D eigenvalue weighted by molar-refractivity contribution is 9.10. The molecule has 0 aliphatic carbocycles. The summed E-state index contributed by atoms with van der Waals surface area (Å²) in [6, 6.07) is 3.62. The van der Waals surface area contributed by atoms with Crippen molar-refractivity contribution in [3.63, 3.8) is 0 Å². The van der Waals surface area contributed by atoms with Gasteiger partial charge >= 0.3 is 12.1 Å². The molecule has 3 nitrogen and oxygen atoms in total. The number of rotatable bonds is 1. The molecule has 0 saturated heterocycles. The normalized spacial score (nSPS) is 10.8. The molecule has 0 fully saturated rings. The number of alkyl halides is 3. The molecule has 1 aromatic rings. The Morgan fingerprint density at radius 3 is 2.47 bits per heavy atom. The molecule has 0 heterocycles. The van der Waals surface area contributed by atoms with Crippen molar-refractivity contribution < 1.29 is 22.7 Å². The first-order chi connectivity index (χ1) is 7.82. The molecule has 0 spiro atoms. The Labute approximate surface area is 103 Å². The summed E-state index contributed by atoms with van der Waals surface area (Å²) in [5.74, 6) is -1.11. The maximum atomic E-state index is 12.8. The van der Waals surface area contributed by atoms with E-state index in [9.17, 15) is 18.0 Å². The van der Waals surface area contributed by atoms with E-state index in [4.69, 9.17) is 5.26 Å². The molecule has 0 unspecified atom stereocenters. The highest BCUT2D eigenvalue weighted by atomic mass is 79.9. The van der Waals surface area contributed by atoms with Crippen LogP contribution < -0.4 is 0 Å². The Balaban J connectivity index is 3.60. The van der Waals surface area contributed by atoms with Crippen molar-refractivity contribution in [1.29, 1.82) is 5.26 Å². The maximum Gasteiger partial charge on any atom is 0.418 e. The summed E-state index contributed by atoms with van der Waals surface area (Å²) in [4.78, 5) is 11.2. The van der Waals surface area contributed by atoms with Crippen LogP contribution in [0, 0.1) is 11.3 Å². The minimum atomic E-state index is -4.75. The van der Waals surface area contributed by atoms with Gasteiger partial charge < -0.3 is 4.74 Å². The molecule has 17 heavy (non-hydrogen) atoms. The highest BCUT2D eigenvalue weighted by Crippen LogP contribution is 2.39. The molecule has 0 amide bonds. The molecule has 0 aliphatic rings. The van der Waals surface area contributed by atoms with Crippen LogP contribution >= 0.6 is 15.9 Å². The molecule has 0 N–H and O–H groups in total. The number of nitrogens with zero attached hydrogens (tertiary/aromatic N) is 1. The smallest absolute Gasteiger partial charge is 0.418 e. The third kappa shape index (κ3) is 2.58. The molecule has 7 heteroatoms. The zero-order valence-corrected chi connectivity index (χ0v) is 10.0. The van der Waals surface area contributed by atoms with Gasteiger partial charge in [-0.2, -0.15) is 18.4 Å². The molecule has 0 atom stereocenters. The van der Waals surface area contributed by atoms with Gasteiger partial charge in [0.15, 0.2) is 0 Å². The van der Waals surface area contributed by atoms with Crippen LogP contribution in [0.15, 0.2) is 16.6 Å². The predicted octanol–water partition coefficient (Wildman–Crippen LogP) is 3.13. The first-order valence-electron chi connectivity index (χ1n) is 4.21. The van der Waals surface area contributed by atoms with E-state index in [1.807, 2.05) is 0 Å². The second kappa shape index (κ2) is 4.75. The van der Waals surface area contributed by atoms with Gasteiger partial charge in [-0.3, -0.25) is 0 Å². The highest BCUT2D eigenvalue weighted by Gasteiger charge is 2.38. The van der Waals surface area contributed by atoms with Crippen LogP contribution in [0.5, 0.6) is 0 Å². The van der Waals surface area contributed by atoms with Crippen LogP contribution in [-0.4, -0.2) is 13.1 Å². The fraction of sp³-hybridized carbons (Fsp3) is 0.200. The van der Waals surface area contributed by atoms with E-state index < -0.39 is 27.7 Å². The Morgan fingerprint density at radius 2 is 2.06 bits per heavy atom. The summed E-state index contributed by atoms with van der Waals surface area (Å²) in [5, 5.41) is 8.63. The molecule has 0 saturated carbocycles. The molecule has 0 bridgehead atoms. The fourth-order valence-electron chi connectivity index (χ4n) is 1.22. The maximum absolute atomic E-state index is 12.8. The number of methoxy groups -OCH3 is 1. The second-order valence-corrected chi connectivity index (χ2v) is 3.74. The molecule has 0 radical (unpaired) electrons. The Hall–Kier alpha value is -1.55. The Bertz CT molecular complexity index is 505. The molecule has 90 valence electrons. The standard InChI is InChI=1S/C10H5BrF3NO2/c1-17-9(16)6-3-2-5(4-15)8(11)7(6)10(12,13)14/h2-3H,1H3. The first-order valence-corrected chi connectivity index (χ1v) is 5.00. The minimum absolute atomic E-state index is 0.204. The van der Waals surface area contributed by atoms with Gasteiger partial charge in [-0.05, 0) is 28.1 Å². The summed E-state index contributed by atoms with van der Waals surface area (Å²) in [5.41, 5.74) is -2.04. The van der Waals surface area contributed by atoms with Gasteiger partial charge in [0, 0.05) is 4.47 Å². The molecule has 1 rings (SSSR count). The van der Waals surface area contributed by atoms with Crippen molar-refractivity contribution in [3.05, 3.63) is 33.3 Å². The molecular weight excluding hydrogens is 303 g/mol. The van der Waals surface area contributed by atoms with Crippen LogP contribution in [0.1, 0.15) is 21.5 Å². The Morgan fingerprint density at radius 1 is 1.47 bits per heavy atom. The lowest BCUT2D eigenvalue weighted by Crippen LogP contribution is -2.15. The van der Waals surface area contributed by atoms with Crippen molar-refractivity contribution in [3.8, 4) is 6.07 Å². The number of carbonyl (C=O) groups is 1. The van der Waals surface area contributed by atoms with E-state index in [0.717, 1.165) is 19.2 Å². The third-order valence-corrected chi connectivity index (χ3v) is 2.77. The van der Waals surface area contributed by atoms with Gasteiger partial charge in [0.2, 0.25) is 0 Å². The Kier molecular flexibility index (Phi) is 3.78. The van der Waals surface area contributed by atoms with E-state index in [1.54, 1.807) is 6.07 Å². The zero-order chi connectivity index (χ0) is 13.2. The van der Waals surface area contributed by atoms with E-state index in [0.29, 0.717) is 0 Å². The second-order valence-electron chi connectivity index (χ2n) is 2.95. The quantitative estimate of drug-likeness (QED) is 0.749. The van der Waals surface area contributed by atoms with Gasteiger partial charge in [0.25, 0.3) is 0 Å².